The van der Waals surface area contributed by atoms with Gasteiger partial charge in [0.15, 0.2) is 6.61 Å². The van der Waals surface area contributed by atoms with Crippen molar-refractivity contribution in [3.05, 3.63) is 123 Å². The van der Waals surface area contributed by atoms with Crippen molar-refractivity contribution in [1.82, 2.24) is 0 Å². The molecule has 0 aromatic carbocycles. The molecule has 508 valence electrons. The van der Waals surface area contributed by atoms with Gasteiger partial charge in [0.05, 0.1) is 52.5 Å². The van der Waals surface area contributed by atoms with Crippen LogP contribution in [0.1, 0.15) is 88.0 Å². The first-order chi connectivity index (χ1) is 40.6. The number of hydrogen-bond acceptors (Lipinski definition) is 21. The molecule has 0 bridgehead atoms. The molecule has 1 aliphatic heterocycles. The zero-order valence-electron chi connectivity index (χ0n) is 50.5. The van der Waals surface area contributed by atoms with Gasteiger partial charge < -0.3 is 52.8 Å². The highest BCUT2D eigenvalue weighted by Gasteiger charge is 2.34. The molecule has 33 heteroatoms. The number of halogens is 10. The summed E-state index contributed by atoms with van der Waals surface area (Å²) in [7, 11) is 0. The summed E-state index contributed by atoms with van der Waals surface area (Å²) < 4.78 is 151. The van der Waals surface area contributed by atoms with Crippen LogP contribution >= 0.6 is 0 Å². The molecule has 0 aromatic heterocycles. The topological polar surface area (TPSA) is 328 Å². The van der Waals surface area contributed by atoms with Gasteiger partial charge in [-0.25, -0.2) is 65.5 Å². The van der Waals surface area contributed by atoms with Crippen LogP contribution in [-0.4, -0.2) is 153 Å². The van der Waals surface area contributed by atoms with E-state index in [9.17, 15) is 101 Å². The monoisotopic (exact) mass is 1310 g/mol. The van der Waals surface area contributed by atoms with Crippen molar-refractivity contribution in [3.8, 4) is 0 Å². The molecular weight excluding hydrogens is 1230 g/mol. The number of ether oxygens (including phenoxy) is 9. The third kappa shape index (κ3) is 89.9. The Morgan fingerprint density at radius 3 is 0.989 bits per heavy atom. The van der Waals surface area contributed by atoms with Crippen LogP contribution < -0.4 is 0 Å². The van der Waals surface area contributed by atoms with Gasteiger partial charge in [0, 0.05) is 70.1 Å². The van der Waals surface area contributed by atoms with Gasteiger partial charge in [-0.3, -0.25) is 9.59 Å². The van der Waals surface area contributed by atoms with Crippen LogP contribution in [0.2, 0.25) is 0 Å². The lowest BCUT2D eigenvalue weighted by molar-refractivity contribution is -0.303. The third-order valence-corrected chi connectivity index (χ3v) is 6.61. The van der Waals surface area contributed by atoms with Gasteiger partial charge in [0.25, 0.3) is 0 Å². The molecule has 23 nitrogen and oxygen atoms in total. The van der Waals surface area contributed by atoms with E-state index in [0.717, 1.165) is 25.2 Å². The Kier molecular flexibility index (Phi) is 66.7. The highest BCUT2D eigenvalue weighted by Crippen LogP contribution is 2.18. The van der Waals surface area contributed by atoms with Crippen molar-refractivity contribution in [2.24, 2.45) is 0 Å². The fraction of sp³-hybridized carbons (Fsp3) is 0.429. The van der Waals surface area contributed by atoms with Crippen LogP contribution in [0.15, 0.2) is 123 Å². The zero-order chi connectivity index (χ0) is 72.4. The summed E-state index contributed by atoms with van der Waals surface area (Å²) in [6, 6.07) is 0. The Morgan fingerprint density at radius 2 is 0.820 bits per heavy atom. The van der Waals surface area contributed by atoms with Crippen molar-refractivity contribution < 1.29 is 154 Å². The first-order valence-electron chi connectivity index (χ1n) is 24.4. The highest BCUT2D eigenvalue weighted by molar-refractivity contribution is 6.05. The molecule has 89 heavy (non-hydrogen) atoms. The number of carbonyl (C=O) groups is 12. The summed E-state index contributed by atoms with van der Waals surface area (Å²) in [6.07, 6.45) is -12.3. The molecule has 1 heterocycles. The zero-order valence-corrected chi connectivity index (χ0v) is 50.5. The van der Waals surface area contributed by atoms with Crippen molar-refractivity contribution in [2.75, 3.05) is 46.2 Å². The Labute approximate surface area is 507 Å². The van der Waals surface area contributed by atoms with Crippen molar-refractivity contribution in [1.29, 1.82) is 0 Å². The Bertz CT molecular complexity index is 2300. The van der Waals surface area contributed by atoms with Gasteiger partial charge in [-0.2, -0.15) is 13.2 Å². The average molecular weight is 1310 g/mol. The van der Waals surface area contributed by atoms with Crippen LogP contribution in [0.25, 0.3) is 0 Å². The van der Waals surface area contributed by atoms with Crippen LogP contribution in [0.3, 0.4) is 0 Å². The van der Waals surface area contributed by atoms with Gasteiger partial charge >= 0.3 is 84.2 Å². The number of rotatable bonds is 22. The van der Waals surface area contributed by atoms with Crippen molar-refractivity contribution in [3.63, 3.8) is 0 Å². The SMILES string of the molecule is C=C(C)C(=O)OC(F)(F)F.C=C(C)C(=O)OCC.C=C(C)C(=O)OCC.C=C(C)C(=O)OCC(F)(F)F.C=C(C)C(=O)OCCC(F)F.C=C(CC(=O)O)C(=O)O.C=C1CC(=O)OC1=O.C=CC(=O)OCC.C=CC(=O)OCC.C=CC(=O)OCCC(F)F. The van der Waals surface area contributed by atoms with E-state index in [0.29, 0.717) is 37.6 Å². The van der Waals surface area contributed by atoms with Gasteiger partial charge in [0.2, 0.25) is 12.9 Å². The summed E-state index contributed by atoms with van der Waals surface area (Å²) in [6.45, 7) is 45.8. The summed E-state index contributed by atoms with van der Waals surface area (Å²) in [5.41, 5.74) is 0.738. The quantitative estimate of drug-likeness (QED) is 0.0334. The molecule has 0 amide bonds. The fourth-order valence-electron chi connectivity index (χ4n) is 2.76. The molecule has 0 spiro atoms. The van der Waals surface area contributed by atoms with Crippen LogP contribution in [0.4, 0.5) is 43.9 Å². The number of esters is 10. The van der Waals surface area contributed by atoms with E-state index >= 15 is 0 Å². The lowest BCUT2D eigenvalue weighted by atomic mass is 10.2. The minimum absolute atomic E-state index is 0.0470. The fourth-order valence-corrected chi connectivity index (χ4v) is 2.76. The molecule has 0 atom stereocenters. The molecule has 0 unspecified atom stereocenters. The predicted octanol–water partition coefficient (Wildman–Crippen LogP) is 10.3. The molecule has 1 rings (SSSR count). The van der Waals surface area contributed by atoms with Crippen molar-refractivity contribution in [2.45, 2.75) is 113 Å². The van der Waals surface area contributed by atoms with E-state index in [1.165, 1.54) is 13.8 Å². The van der Waals surface area contributed by atoms with Gasteiger partial charge in [0.1, 0.15) is 0 Å². The minimum atomic E-state index is -4.91. The number of hydrogen-bond donors (Lipinski definition) is 2. The maximum Gasteiger partial charge on any atom is 0.575 e. The lowest BCUT2D eigenvalue weighted by Gasteiger charge is -2.06. The minimum Gasteiger partial charge on any atom is -0.481 e. The van der Waals surface area contributed by atoms with E-state index in [4.69, 9.17) is 10.2 Å². The first-order valence-corrected chi connectivity index (χ1v) is 24.4. The molecule has 1 fully saturated rings. The standard InChI is InChI=1S/C7H10F2O2.C6H7F3O2.C6H8F2O2.2C6H10O2.C5H5F3O2.C5H6O4.C5H4O3.2C5H8O2/c1-5(2)7(10)11-4-3-6(8)9;1-4(2)5(10)11-3-6(7,8)9;1-2-6(9)10-4-3-5(7)8;2*1-4-8-6(7)5(2)3;1-3(2)4(9)10-5(6,7)8;1-3(5(8)9)2-4(6)7;1-3-2-4(6)8-5(3)7;2*1-3-5(6)7-4-2/h6H,1,3-4H2,2H3;1,3H2,2H3;2,5H,1,3-4H2;2*2,4H2,1,3H3;1H2,2H3;1-2H2,(H,6,7)(H,8,9);1-2H2;2*3H,1,4H2,2H3. The number of carboxylic acids is 2. The van der Waals surface area contributed by atoms with E-state index in [2.05, 4.69) is 108 Å². The number of carbonyl (C=O) groups excluding carboxylic acids is 10. The normalized spacial score (nSPS) is 10.1. The predicted molar refractivity (Wildman–Crippen MR) is 297 cm³/mol. The Balaban J connectivity index is -0.000000115. The molecule has 1 aliphatic rings. The van der Waals surface area contributed by atoms with Crippen LogP contribution in [0, 0.1) is 0 Å². The van der Waals surface area contributed by atoms with Crippen LogP contribution in [0.5, 0.6) is 0 Å². The molecule has 1 saturated heterocycles. The maximum absolute atomic E-state index is 11.5. The van der Waals surface area contributed by atoms with E-state index in [1.807, 2.05) is 0 Å². The number of aliphatic carboxylic acids is 2. The molecule has 0 saturated carbocycles. The Hall–Kier alpha value is -9.46. The number of cyclic esters (lactones) is 2. The summed E-state index contributed by atoms with van der Waals surface area (Å²) in [5.74, 6) is -8.64. The summed E-state index contributed by atoms with van der Waals surface area (Å²) in [5, 5.41) is 16.1. The molecular formula is C56H76F10O23. The maximum atomic E-state index is 11.5. The Morgan fingerprint density at radius 1 is 0.517 bits per heavy atom. The largest absolute Gasteiger partial charge is 0.575 e. The van der Waals surface area contributed by atoms with E-state index < -0.39 is 99.0 Å². The average Bonchev–Trinajstić information content (AvgIpc) is 3.93. The van der Waals surface area contributed by atoms with Crippen LogP contribution in [-0.2, 0) is 100 Å². The second-order valence-electron chi connectivity index (χ2n) is 15.2. The molecule has 0 aromatic rings. The molecule has 0 aliphatic carbocycles. The molecule has 2 N–H and O–H groups in total. The summed E-state index contributed by atoms with van der Waals surface area (Å²) in [4.78, 5) is 122. The molecule has 0 radical (unpaired) electrons. The highest BCUT2D eigenvalue weighted by atomic mass is 19.4. The van der Waals surface area contributed by atoms with Gasteiger partial charge in [-0.05, 0) is 62.3 Å². The third-order valence-electron chi connectivity index (χ3n) is 6.61. The lowest BCUT2D eigenvalue weighted by Crippen LogP contribution is -2.20. The van der Waals surface area contributed by atoms with Gasteiger partial charge in [-0.15, -0.1) is 13.2 Å². The summed E-state index contributed by atoms with van der Waals surface area (Å²) >= 11 is 0. The van der Waals surface area contributed by atoms with E-state index in [1.54, 1.807) is 41.5 Å². The smallest absolute Gasteiger partial charge is 0.481 e. The van der Waals surface area contributed by atoms with Gasteiger partial charge in [-0.1, -0.05) is 65.8 Å². The first kappa shape index (κ1) is 98.6. The van der Waals surface area contributed by atoms with Crippen molar-refractivity contribution >= 4 is 71.6 Å². The van der Waals surface area contributed by atoms with E-state index in [-0.39, 0.29) is 71.4 Å². The number of carboxylic acid groups (broad SMARTS) is 2. The second-order valence-corrected chi connectivity index (χ2v) is 15.2. The number of alkyl halides is 10. The second kappa shape index (κ2) is 60.2.